The second kappa shape index (κ2) is 9.61. The molecule has 0 unspecified atom stereocenters. The number of fused-ring (bicyclic) bond motifs is 1. The third-order valence-corrected chi connectivity index (χ3v) is 6.45. The highest BCUT2D eigenvalue weighted by atomic mass is 32.2. The van der Waals surface area contributed by atoms with Crippen LogP contribution in [0.3, 0.4) is 0 Å². The standard InChI is InChI=1S/C26H22FN3O3S/c1-32-22-8-2-3-9-23(22)33-19-15-30(16-19)26(31)18-11-12-21(20(27)14-18)29-34-24-10-4-6-17-7-5-13-28-25(17)24/h2-14,19,29H,15-16H2,1H3. The number of amides is 1. The molecule has 0 atom stereocenters. The third-order valence-electron chi connectivity index (χ3n) is 5.58. The second-order valence-corrected chi connectivity index (χ2v) is 8.68. The van der Waals surface area contributed by atoms with Gasteiger partial charge >= 0.3 is 0 Å². The van der Waals surface area contributed by atoms with Gasteiger partial charge in [0.05, 0.1) is 36.3 Å². The molecule has 0 saturated carbocycles. The Morgan fingerprint density at radius 2 is 1.85 bits per heavy atom. The van der Waals surface area contributed by atoms with Gasteiger partial charge in [0.25, 0.3) is 5.91 Å². The van der Waals surface area contributed by atoms with Crippen molar-refractivity contribution < 1.29 is 18.7 Å². The quantitative estimate of drug-likeness (QED) is 0.361. The van der Waals surface area contributed by atoms with Gasteiger partial charge in [-0.3, -0.25) is 9.78 Å². The highest BCUT2D eigenvalue weighted by molar-refractivity contribution is 8.00. The maximum absolute atomic E-state index is 14.8. The lowest BCUT2D eigenvalue weighted by Crippen LogP contribution is -2.56. The van der Waals surface area contributed by atoms with Crippen LogP contribution in [0.5, 0.6) is 11.5 Å². The molecule has 0 spiro atoms. The first-order valence-electron chi connectivity index (χ1n) is 10.8. The number of carbonyl (C=O) groups excluding carboxylic acids is 1. The molecule has 3 aromatic carbocycles. The molecule has 2 heterocycles. The summed E-state index contributed by atoms with van der Waals surface area (Å²) in [7, 11) is 1.59. The Hall–Kier alpha value is -3.78. The summed E-state index contributed by atoms with van der Waals surface area (Å²) in [5.74, 6) is 0.571. The molecule has 0 aliphatic carbocycles. The van der Waals surface area contributed by atoms with E-state index in [1.807, 2.05) is 54.6 Å². The Labute approximate surface area is 200 Å². The summed E-state index contributed by atoms with van der Waals surface area (Å²) < 4.78 is 29.0. The maximum Gasteiger partial charge on any atom is 0.254 e. The number of hydrogen-bond donors (Lipinski definition) is 1. The van der Waals surface area contributed by atoms with Crippen molar-refractivity contribution in [2.75, 3.05) is 24.9 Å². The van der Waals surface area contributed by atoms with Crippen molar-refractivity contribution >= 4 is 34.4 Å². The van der Waals surface area contributed by atoms with Crippen molar-refractivity contribution in [3.05, 3.63) is 90.4 Å². The van der Waals surface area contributed by atoms with E-state index in [0.717, 1.165) is 15.8 Å². The predicted octanol–water partition coefficient (Wildman–Crippen LogP) is 5.41. The number of anilines is 1. The van der Waals surface area contributed by atoms with E-state index in [1.54, 1.807) is 30.3 Å². The third kappa shape index (κ3) is 4.49. The number of likely N-dealkylation sites (tertiary alicyclic amines) is 1. The van der Waals surface area contributed by atoms with Crippen molar-refractivity contribution in [3.63, 3.8) is 0 Å². The molecule has 1 aromatic heterocycles. The largest absolute Gasteiger partial charge is 0.493 e. The van der Waals surface area contributed by atoms with Crippen LogP contribution < -0.4 is 14.2 Å². The Bertz CT molecular complexity index is 1340. The highest BCUT2D eigenvalue weighted by Gasteiger charge is 2.33. The lowest BCUT2D eigenvalue weighted by atomic mass is 10.1. The van der Waals surface area contributed by atoms with Crippen molar-refractivity contribution in [1.29, 1.82) is 0 Å². The maximum atomic E-state index is 14.8. The summed E-state index contributed by atoms with van der Waals surface area (Å²) in [6, 6.07) is 21.6. The summed E-state index contributed by atoms with van der Waals surface area (Å²) >= 11 is 1.28. The first kappa shape index (κ1) is 22.0. The topological polar surface area (TPSA) is 63.7 Å². The molecule has 1 amide bonds. The van der Waals surface area contributed by atoms with Crippen LogP contribution in [-0.2, 0) is 0 Å². The number of benzene rings is 3. The minimum Gasteiger partial charge on any atom is -0.493 e. The molecule has 1 fully saturated rings. The Morgan fingerprint density at radius 3 is 2.65 bits per heavy atom. The zero-order valence-electron chi connectivity index (χ0n) is 18.4. The van der Waals surface area contributed by atoms with Gasteiger partial charge in [-0.15, -0.1) is 0 Å². The molecular formula is C26H22FN3O3S. The minimum atomic E-state index is -0.492. The van der Waals surface area contributed by atoms with Gasteiger partial charge in [-0.25, -0.2) is 4.39 Å². The lowest BCUT2D eigenvalue weighted by Gasteiger charge is -2.39. The van der Waals surface area contributed by atoms with Crippen molar-refractivity contribution in [2.24, 2.45) is 0 Å². The predicted molar refractivity (Wildman–Crippen MR) is 131 cm³/mol. The molecule has 1 N–H and O–H groups in total. The van der Waals surface area contributed by atoms with E-state index >= 15 is 0 Å². The molecule has 4 aromatic rings. The van der Waals surface area contributed by atoms with Crippen molar-refractivity contribution in [1.82, 2.24) is 9.88 Å². The van der Waals surface area contributed by atoms with Crippen LogP contribution in [-0.4, -0.2) is 42.1 Å². The van der Waals surface area contributed by atoms with Crippen molar-refractivity contribution in [2.45, 2.75) is 11.0 Å². The Morgan fingerprint density at radius 1 is 1.06 bits per heavy atom. The van der Waals surface area contributed by atoms with Crippen LogP contribution in [0.2, 0.25) is 0 Å². The number of methoxy groups -OCH3 is 1. The van der Waals surface area contributed by atoms with E-state index in [9.17, 15) is 9.18 Å². The van der Waals surface area contributed by atoms with Crippen LogP contribution in [0.1, 0.15) is 10.4 Å². The highest BCUT2D eigenvalue weighted by Crippen LogP contribution is 2.31. The summed E-state index contributed by atoms with van der Waals surface area (Å²) in [5.41, 5.74) is 1.45. The number of aromatic nitrogens is 1. The fraction of sp³-hybridized carbons (Fsp3) is 0.154. The van der Waals surface area contributed by atoms with Gasteiger partial charge in [-0.05, 0) is 54.4 Å². The van der Waals surface area contributed by atoms with Crippen LogP contribution in [0.15, 0.2) is 83.9 Å². The summed E-state index contributed by atoms with van der Waals surface area (Å²) in [6.07, 6.45) is 1.60. The molecule has 34 heavy (non-hydrogen) atoms. The monoisotopic (exact) mass is 475 g/mol. The second-order valence-electron chi connectivity index (χ2n) is 7.83. The van der Waals surface area contributed by atoms with Crippen LogP contribution >= 0.6 is 11.9 Å². The minimum absolute atomic E-state index is 0.128. The number of nitrogens with zero attached hydrogens (tertiary/aromatic N) is 2. The Kier molecular flexibility index (Phi) is 6.22. The van der Waals surface area contributed by atoms with Gasteiger partial charge < -0.3 is 19.1 Å². The van der Waals surface area contributed by atoms with Gasteiger partial charge in [0.15, 0.2) is 11.5 Å². The molecule has 172 valence electrons. The number of halogens is 1. The van der Waals surface area contributed by atoms with E-state index in [4.69, 9.17) is 9.47 Å². The molecular weight excluding hydrogens is 453 g/mol. The zero-order valence-corrected chi connectivity index (χ0v) is 19.2. The number of rotatable bonds is 7. The lowest BCUT2D eigenvalue weighted by molar-refractivity contribution is 0.0168. The molecule has 1 aliphatic heterocycles. The Balaban J connectivity index is 1.20. The summed E-state index contributed by atoms with van der Waals surface area (Å²) in [6.45, 7) is 0.866. The summed E-state index contributed by atoms with van der Waals surface area (Å²) in [4.78, 5) is 19.7. The fourth-order valence-electron chi connectivity index (χ4n) is 3.76. The first-order valence-corrected chi connectivity index (χ1v) is 11.6. The molecule has 8 heteroatoms. The average molecular weight is 476 g/mol. The number of para-hydroxylation sites is 3. The van der Waals surface area contributed by atoms with E-state index < -0.39 is 5.82 Å². The van der Waals surface area contributed by atoms with E-state index in [2.05, 4.69) is 9.71 Å². The van der Waals surface area contributed by atoms with Crippen molar-refractivity contribution in [3.8, 4) is 11.5 Å². The van der Waals surface area contributed by atoms with Gasteiger partial charge in [0.1, 0.15) is 11.9 Å². The van der Waals surface area contributed by atoms with Crippen LogP contribution in [0.25, 0.3) is 10.9 Å². The molecule has 6 nitrogen and oxygen atoms in total. The van der Waals surface area contributed by atoms with E-state index in [0.29, 0.717) is 35.8 Å². The zero-order chi connectivity index (χ0) is 23.5. The van der Waals surface area contributed by atoms with Crippen LogP contribution in [0, 0.1) is 5.82 Å². The molecule has 1 saturated heterocycles. The number of pyridine rings is 1. The molecule has 0 radical (unpaired) electrons. The van der Waals surface area contributed by atoms with Gasteiger partial charge in [0.2, 0.25) is 0 Å². The van der Waals surface area contributed by atoms with Gasteiger partial charge in [-0.1, -0.05) is 30.3 Å². The van der Waals surface area contributed by atoms with Gasteiger partial charge in [0, 0.05) is 17.1 Å². The van der Waals surface area contributed by atoms with E-state index in [-0.39, 0.29) is 12.0 Å². The first-order chi connectivity index (χ1) is 16.6. The normalized spacial score (nSPS) is 13.4. The number of nitrogens with one attached hydrogen (secondary N) is 1. The number of carbonyl (C=O) groups is 1. The fourth-order valence-corrected chi connectivity index (χ4v) is 4.56. The smallest absolute Gasteiger partial charge is 0.254 e. The number of ether oxygens (including phenoxy) is 2. The molecule has 5 rings (SSSR count). The van der Waals surface area contributed by atoms with Crippen LogP contribution in [0.4, 0.5) is 10.1 Å². The summed E-state index contributed by atoms with van der Waals surface area (Å²) in [5, 5.41) is 1.01. The SMILES string of the molecule is COc1ccccc1OC1CN(C(=O)c2ccc(NSc3cccc4cccnc34)c(F)c2)C1. The average Bonchev–Trinajstić information content (AvgIpc) is 2.85. The molecule has 1 aliphatic rings. The van der Waals surface area contributed by atoms with E-state index in [1.165, 1.54) is 18.0 Å². The number of hydrogen-bond acceptors (Lipinski definition) is 6. The van der Waals surface area contributed by atoms with Gasteiger partial charge in [-0.2, -0.15) is 0 Å². The molecule has 0 bridgehead atoms.